The summed E-state index contributed by atoms with van der Waals surface area (Å²) >= 11 is 7.45. The summed E-state index contributed by atoms with van der Waals surface area (Å²) < 4.78 is 0.822. The lowest BCUT2D eigenvalue weighted by Crippen LogP contribution is -2.40. The number of guanidine groups is 1. The van der Waals surface area contributed by atoms with E-state index in [2.05, 4.69) is 20.2 Å². The van der Waals surface area contributed by atoms with Crippen LogP contribution in [0.4, 0.5) is 0 Å². The zero-order chi connectivity index (χ0) is 10.7. The maximum absolute atomic E-state index is 5.86. The first-order chi connectivity index (χ1) is 7.28. The van der Waals surface area contributed by atoms with Gasteiger partial charge in [0.25, 0.3) is 0 Å². The Morgan fingerprint density at radius 1 is 1.67 bits per heavy atom. The van der Waals surface area contributed by atoms with E-state index in [1.807, 2.05) is 12.1 Å². The number of halogens is 1. The Labute approximate surface area is 97.3 Å². The second-order valence-electron chi connectivity index (χ2n) is 3.08. The van der Waals surface area contributed by atoms with Gasteiger partial charge in [-0.05, 0) is 12.1 Å². The Hall–Kier alpha value is -1.07. The molecule has 1 aliphatic rings. The van der Waals surface area contributed by atoms with Crippen LogP contribution in [0.2, 0.25) is 4.34 Å². The largest absolute Gasteiger partial charge is 0.340 e. The number of thiophene rings is 1. The highest BCUT2D eigenvalue weighted by Crippen LogP contribution is 2.22. The van der Waals surface area contributed by atoms with Crippen molar-refractivity contribution in [3.63, 3.8) is 0 Å². The Kier molecular flexibility index (Phi) is 3.23. The fourth-order valence-corrected chi connectivity index (χ4v) is 2.38. The molecule has 2 rings (SSSR count). The molecule has 4 nitrogen and oxygen atoms in total. The van der Waals surface area contributed by atoms with E-state index in [-0.39, 0.29) is 0 Å². The topological polar surface area (TPSA) is 40.0 Å². The van der Waals surface area contributed by atoms with Crippen molar-refractivity contribution in [1.82, 2.24) is 10.2 Å². The lowest BCUT2D eigenvalue weighted by molar-refractivity contribution is 0.411. The average molecular weight is 243 g/mol. The van der Waals surface area contributed by atoms with E-state index in [4.69, 9.17) is 11.6 Å². The normalized spacial score (nSPS) is 18.3. The molecular weight excluding hydrogens is 232 g/mol. The molecule has 80 valence electrons. The van der Waals surface area contributed by atoms with Gasteiger partial charge in [0.1, 0.15) is 0 Å². The number of rotatable bonds is 2. The minimum absolute atomic E-state index is 0.676. The van der Waals surface area contributed by atoms with Gasteiger partial charge in [0.05, 0.1) is 23.9 Å². The molecule has 15 heavy (non-hydrogen) atoms. The molecule has 1 aromatic rings. The molecule has 1 aromatic heterocycles. The van der Waals surface area contributed by atoms with Crippen molar-refractivity contribution >= 4 is 35.2 Å². The van der Waals surface area contributed by atoms with Crippen LogP contribution in [0, 0.1) is 0 Å². The fraction of sp³-hybridized carbons (Fsp3) is 0.333. The van der Waals surface area contributed by atoms with Crippen LogP contribution in [0.3, 0.4) is 0 Å². The van der Waals surface area contributed by atoms with Crippen molar-refractivity contribution in [1.29, 1.82) is 0 Å². The van der Waals surface area contributed by atoms with Crippen LogP contribution >= 0.6 is 22.9 Å². The van der Waals surface area contributed by atoms with Crippen molar-refractivity contribution in [2.45, 2.75) is 6.54 Å². The molecule has 2 heterocycles. The van der Waals surface area contributed by atoms with Gasteiger partial charge in [-0.25, -0.2) is 4.99 Å². The van der Waals surface area contributed by atoms with E-state index in [1.54, 1.807) is 24.7 Å². The number of hydrogen-bond acceptors (Lipinski definition) is 3. The first kappa shape index (κ1) is 10.4. The van der Waals surface area contributed by atoms with Crippen LogP contribution in [0.15, 0.2) is 22.1 Å². The van der Waals surface area contributed by atoms with Gasteiger partial charge in [0.2, 0.25) is 5.96 Å². The standard InChI is InChI=1S/C9H11ClN4S/c1-11-9-12-5-14(6-13-9)4-7-2-3-8(10)15-7/h2-3,5H,4,6H2,1H3,(H,11,13). The molecule has 0 fully saturated rings. The van der Waals surface area contributed by atoms with Crippen LogP contribution in [-0.4, -0.2) is 30.9 Å². The molecule has 1 N–H and O–H groups in total. The van der Waals surface area contributed by atoms with Crippen LogP contribution in [0.1, 0.15) is 4.88 Å². The maximum Gasteiger partial charge on any atom is 0.220 e. The SMILES string of the molecule is CN=C1N=CN(Cc2ccc(Cl)s2)CN1. The zero-order valence-corrected chi connectivity index (χ0v) is 9.85. The first-order valence-electron chi connectivity index (χ1n) is 4.51. The average Bonchev–Trinajstić information content (AvgIpc) is 2.65. The van der Waals surface area contributed by atoms with Gasteiger partial charge >= 0.3 is 0 Å². The third-order valence-electron chi connectivity index (χ3n) is 1.98. The molecule has 0 saturated carbocycles. The predicted molar refractivity (Wildman–Crippen MR) is 64.7 cm³/mol. The smallest absolute Gasteiger partial charge is 0.220 e. The van der Waals surface area contributed by atoms with Crippen LogP contribution in [0.25, 0.3) is 0 Å². The van der Waals surface area contributed by atoms with Gasteiger partial charge in [-0.15, -0.1) is 11.3 Å². The molecule has 0 atom stereocenters. The van der Waals surface area contributed by atoms with E-state index >= 15 is 0 Å². The van der Waals surface area contributed by atoms with E-state index in [1.165, 1.54) is 4.88 Å². The van der Waals surface area contributed by atoms with E-state index in [0.29, 0.717) is 5.96 Å². The van der Waals surface area contributed by atoms with Gasteiger partial charge in [-0.2, -0.15) is 0 Å². The zero-order valence-electron chi connectivity index (χ0n) is 8.27. The lowest BCUT2D eigenvalue weighted by atomic mass is 10.4. The highest BCUT2D eigenvalue weighted by molar-refractivity contribution is 7.16. The van der Waals surface area contributed by atoms with Crippen molar-refractivity contribution in [2.75, 3.05) is 13.7 Å². The number of hydrogen-bond donors (Lipinski definition) is 1. The Morgan fingerprint density at radius 2 is 2.53 bits per heavy atom. The molecule has 0 spiro atoms. The minimum Gasteiger partial charge on any atom is -0.340 e. The van der Waals surface area contributed by atoms with Gasteiger partial charge in [0.15, 0.2) is 0 Å². The third-order valence-corrected chi connectivity index (χ3v) is 3.20. The summed E-state index contributed by atoms with van der Waals surface area (Å²) in [4.78, 5) is 11.4. The van der Waals surface area contributed by atoms with Crippen LogP contribution < -0.4 is 5.32 Å². The van der Waals surface area contributed by atoms with Crippen molar-refractivity contribution in [3.05, 3.63) is 21.3 Å². The fourth-order valence-electron chi connectivity index (χ4n) is 1.27. The summed E-state index contributed by atoms with van der Waals surface area (Å²) in [6, 6.07) is 3.94. The quantitative estimate of drug-likeness (QED) is 0.859. The molecule has 0 aliphatic carbocycles. The molecule has 0 unspecified atom stereocenters. The molecule has 0 bridgehead atoms. The van der Waals surface area contributed by atoms with Gasteiger partial charge in [-0.1, -0.05) is 11.6 Å². The van der Waals surface area contributed by atoms with E-state index in [9.17, 15) is 0 Å². The lowest BCUT2D eigenvalue weighted by Gasteiger charge is -2.23. The number of nitrogens with zero attached hydrogens (tertiary/aromatic N) is 3. The maximum atomic E-state index is 5.86. The van der Waals surface area contributed by atoms with Gasteiger partial charge < -0.3 is 10.2 Å². The molecular formula is C9H11ClN4S. The van der Waals surface area contributed by atoms with Crippen molar-refractivity contribution < 1.29 is 0 Å². The Balaban J connectivity index is 1.97. The summed E-state index contributed by atoms with van der Waals surface area (Å²) in [5.41, 5.74) is 0. The molecule has 6 heteroatoms. The molecule has 0 saturated heterocycles. The number of nitrogens with one attached hydrogen (secondary N) is 1. The Morgan fingerprint density at radius 3 is 3.07 bits per heavy atom. The predicted octanol–water partition coefficient (Wildman–Crippen LogP) is 1.78. The first-order valence-corrected chi connectivity index (χ1v) is 5.70. The molecule has 0 amide bonds. The van der Waals surface area contributed by atoms with Crippen molar-refractivity contribution in [2.24, 2.45) is 9.98 Å². The van der Waals surface area contributed by atoms with Crippen LogP contribution in [0.5, 0.6) is 0 Å². The summed E-state index contributed by atoms with van der Waals surface area (Å²) in [6.07, 6.45) is 1.80. The number of aliphatic imine (C=N–C) groups is 2. The highest BCUT2D eigenvalue weighted by atomic mass is 35.5. The van der Waals surface area contributed by atoms with E-state index in [0.717, 1.165) is 17.5 Å². The second kappa shape index (κ2) is 4.63. The Bertz CT molecular complexity index is 399. The second-order valence-corrected chi connectivity index (χ2v) is 4.88. The molecule has 0 radical (unpaired) electrons. The third kappa shape index (κ3) is 2.70. The monoisotopic (exact) mass is 242 g/mol. The summed E-state index contributed by atoms with van der Waals surface area (Å²) in [5, 5.41) is 3.10. The highest BCUT2D eigenvalue weighted by Gasteiger charge is 2.09. The molecule has 0 aromatic carbocycles. The minimum atomic E-state index is 0.676. The van der Waals surface area contributed by atoms with Gasteiger partial charge in [0, 0.05) is 11.9 Å². The summed E-state index contributed by atoms with van der Waals surface area (Å²) in [7, 11) is 1.72. The van der Waals surface area contributed by atoms with Gasteiger partial charge in [-0.3, -0.25) is 4.99 Å². The van der Waals surface area contributed by atoms with E-state index < -0.39 is 0 Å². The van der Waals surface area contributed by atoms with Crippen LogP contribution in [-0.2, 0) is 6.54 Å². The van der Waals surface area contributed by atoms with Crippen molar-refractivity contribution in [3.8, 4) is 0 Å². The summed E-state index contributed by atoms with van der Waals surface area (Å²) in [6.45, 7) is 1.55. The summed E-state index contributed by atoms with van der Waals surface area (Å²) in [5.74, 6) is 0.676. The molecule has 1 aliphatic heterocycles.